The number of rotatable bonds is 6. The molecule has 0 bridgehead atoms. The third-order valence-electron chi connectivity index (χ3n) is 4.67. The fraction of sp³-hybridized carbons (Fsp3) is 0.368. The smallest absolute Gasteiger partial charge is 0.224 e. The molecule has 1 saturated heterocycles. The lowest BCUT2D eigenvalue weighted by molar-refractivity contribution is -0.126. The number of pyridine rings is 1. The number of hydrogen-bond acceptors (Lipinski definition) is 4. The van der Waals surface area contributed by atoms with Crippen molar-refractivity contribution in [3.05, 3.63) is 63.9 Å². The van der Waals surface area contributed by atoms with Crippen LogP contribution in [-0.4, -0.2) is 36.7 Å². The van der Waals surface area contributed by atoms with Crippen molar-refractivity contribution >= 4 is 39.1 Å². The Balaban J connectivity index is 1.62. The quantitative estimate of drug-likeness (QED) is 0.745. The third kappa shape index (κ3) is 5.44. The Kier molecular flexibility index (Phi) is 6.93. The number of benzene rings is 1. The Hall–Kier alpha value is -1.67. The van der Waals surface area contributed by atoms with Crippen molar-refractivity contribution in [2.24, 2.45) is 5.92 Å². The van der Waals surface area contributed by atoms with Crippen LogP contribution < -0.4 is 5.32 Å². The molecule has 3 rings (SSSR count). The SMILES string of the molecule is O=C(NCc1ccccn1)[C@H]1CCCN(S(=O)(=O)Cc2ccc(Cl)cc2Cl)C1. The van der Waals surface area contributed by atoms with Crippen LogP contribution >= 0.6 is 23.2 Å². The molecule has 0 saturated carbocycles. The van der Waals surface area contributed by atoms with Crippen molar-refractivity contribution in [1.82, 2.24) is 14.6 Å². The molecule has 1 N–H and O–H groups in total. The first-order chi connectivity index (χ1) is 13.3. The van der Waals surface area contributed by atoms with E-state index in [2.05, 4.69) is 10.3 Å². The number of halogens is 2. The molecule has 9 heteroatoms. The molecule has 1 aromatic carbocycles. The van der Waals surface area contributed by atoms with E-state index in [0.29, 0.717) is 41.5 Å². The maximum atomic E-state index is 12.8. The van der Waals surface area contributed by atoms with Crippen molar-refractivity contribution < 1.29 is 13.2 Å². The molecule has 0 aliphatic carbocycles. The predicted molar refractivity (Wildman–Crippen MR) is 109 cm³/mol. The standard InChI is InChI=1S/C19H21Cl2N3O3S/c20-16-7-6-15(18(21)10-16)13-28(26,27)24-9-3-4-14(12-24)19(25)23-11-17-5-1-2-8-22-17/h1-2,5-8,10,14H,3-4,9,11-13H2,(H,23,25)/t14-/m0/s1. The highest BCUT2D eigenvalue weighted by atomic mass is 35.5. The molecule has 6 nitrogen and oxygen atoms in total. The maximum Gasteiger partial charge on any atom is 0.224 e. The van der Waals surface area contributed by atoms with Gasteiger partial charge in [0.15, 0.2) is 0 Å². The Morgan fingerprint density at radius 2 is 2.07 bits per heavy atom. The molecule has 1 aliphatic rings. The van der Waals surface area contributed by atoms with Gasteiger partial charge in [-0.25, -0.2) is 12.7 Å². The van der Waals surface area contributed by atoms with Gasteiger partial charge in [0, 0.05) is 29.3 Å². The Bertz CT molecular complexity index is 939. The molecule has 1 fully saturated rings. The van der Waals surface area contributed by atoms with E-state index in [1.165, 1.54) is 10.4 Å². The second-order valence-corrected chi connectivity index (χ2v) is 9.54. The lowest BCUT2D eigenvalue weighted by Crippen LogP contribution is -2.45. The summed E-state index contributed by atoms with van der Waals surface area (Å²) in [5, 5.41) is 3.62. The maximum absolute atomic E-state index is 12.8. The number of amides is 1. The van der Waals surface area contributed by atoms with Crippen LogP contribution in [0.25, 0.3) is 0 Å². The average molecular weight is 442 g/mol. The summed E-state index contributed by atoms with van der Waals surface area (Å²) in [4.78, 5) is 16.7. The molecule has 2 heterocycles. The Morgan fingerprint density at radius 3 is 2.79 bits per heavy atom. The van der Waals surface area contributed by atoms with Crippen molar-refractivity contribution in [2.75, 3.05) is 13.1 Å². The summed E-state index contributed by atoms with van der Waals surface area (Å²) in [5.74, 6) is -0.756. The van der Waals surface area contributed by atoms with Crippen LogP contribution in [0.15, 0.2) is 42.6 Å². The van der Waals surface area contributed by atoms with Crippen LogP contribution in [0.5, 0.6) is 0 Å². The van der Waals surface area contributed by atoms with Crippen LogP contribution in [0.2, 0.25) is 10.0 Å². The minimum absolute atomic E-state index is 0.157. The van der Waals surface area contributed by atoms with Crippen molar-refractivity contribution in [1.29, 1.82) is 0 Å². The van der Waals surface area contributed by atoms with Crippen LogP contribution in [0.1, 0.15) is 24.1 Å². The largest absolute Gasteiger partial charge is 0.350 e. The molecule has 0 unspecified atom stereocenters. The summed E-state index contributed by atoms with van der Waals surface area (Å²) in [6, 6.07) is 10.2. The normalized spacial score (nSPS) is 18.0. The lowest BCUT2D eigenvalue weighted by atomic mass is 9.99. The zero-order valence-electron chi connectivity index (χ0n) is 15.1. The van der Waals surface area contributed by atoms with Gasteiger partial charge in [-0.15, -0.1) is 0 Å². The van der Waals surface area contributed by atoms with E-state index in [1.54, 1.807) is 18.3 Å². The monoisotopic (exact) mass is 441 g/mol. The van der Waals surface area contributed by atoms with Crippen LogP contribution in [0.3, 0.4) is 0 Å². The summed E-state index contributed by atoms with van der Waals surface area (Å²) in [5.41, 5.74) is 1.25. The van der Waals surface area contributed by atoms with Crippen LogP contribution in [0.4, 0.5) is 0 Å². The Labute approximate surface area is 174 Å². The highest BCUT2D eigenvalue weighted by Crippen LogP contribution is 2.26. The first kappa shape index (κ1) is 21.0. The second-order valence-electron chi connectivity index (χ2n) is 6.73. The van der Waals surface area contributed by atoms with E-state index in [-0.39, 0.29) is 24.1 Å². The number of sulfonamides is 1. The van der Waals surface area contributed by atoms with Crippen molar-refractivity contribution in [2.45, 2.75) is 25.1 Å². The average Bonchev–Trinajstić information content (AvgIpc) is 2.69. The summed E-state index contributed by atoms with van der Waals surface area (Å²) in [6.45, 7) is 0.891. The van der Waals surface area contributed by atoms with Gasteiger partial charge in [0.05, 0.1) is 23.9 Å². The third-order valence-corrected chi connectivity index (χ3v) is 7.05. The van der Waals surface area contributed by atoms with Gasteiger partial charge in [-0.1, -0.05) is 35.3 Å². The number of nitrogens with one attached hydrogen (secondary N) is 1. The van der Waals surface area contributed by atoms with Gasteiger partial charge in [-0.2, -0.15) is 0 Å². The van der Waals surface area contributed by atoms with Crippen LogP contribution in [-0.2, 0) is 27.1 Å². The highest BCUT2D eigenvalue weighted by Gasteiger charge is 2.32. The molecular weight excluding hydrogens is 421 g/mol. The first-order valence-electron chi connectivity index (χ1n) is 8.94. The minimum atomic E-state index is -3.59. The number of carbonyl (C=O) groups excluding carboxylic acids is 1. The van der Waals surface area contributed by atoms with Crippen LogP contribution in [0, 0.1) is 5.92 Å². The number of hydrogen-bond donors (Lipinski definition) is 1. The van der Waals surface area contributed by atoms with Crippen molar-refractivity contribution in [3.8, 4) is 0 Å². The fourth-order valence-corrected chi connectivity index (χ4v) is 5.36. The molecule has 2 aromatic rings. The number of nitrogens with zero attached hydrogens (tertiary/aromatic N) is 2. The van der Waals surface area contributed by atoms with E-state index >= 15 is 0 Å². The lowest BCUT2D eigenvalue weighted by Gasteiger charge is -2.31. The number of aromatic nitrogens is 1. The summed E-state index contributed by atoms with van der Waals surface area (Å²) < 4.78 is 27.0. The number of piperidine rings is 1. The molecule has 0 radical (unpaired) electrons. The molecule has 28 heavy (non-hydrogen) atoms. The van der Waals surface area contributed by atoms with Gasteiger partial charge in [0.2, 0.25) is 15.9 Å². The summed E-state index contributed by atoms with van der Waals surface area (Å²) in [6.07, 6.45) is 2.95. The zero-order chi connectivity index (χ0) is 20.1. The molecule has 150 valence electrons. The molecule has 1 atom stereocenters. The number of carbonyl (C=O) groups is 1. The van der Waals surface area contributed by atoms with E-state index in [9.17, 15) is 13.2 Å². The van der Waals surface area contributed by atoms with E-state index in [1.807, 2.05) is 18.2 Å². The van der Waals surface area contributed by atoms with Gasteiger partial charge >= 0.3 is 0 Å². The summed E-state index contributed by atoms with van der Waals surface area (Å²) in [7, 11) is -3.59. The highest BCUT2D eigenvalue weighted by molar-refractivity contribution is 7.88. The van der Waals surface area contributed by atoms with Gasteiger partial charge in [-0.3, -0.25) is 9.78 Å². The molecule has 1 aliphatic heterocycles. The van der Waals surface area contributed by atoms with Gasteiger partial charge in [0.1, 0.15) is 0 Å². The first-order valence-corrected chi connectivity index (χ1v) is 11.3. The molecule has 1 aromatic heterocycles. The van der Waals surface area contributed by atoms with Gasteiger partial charge < -0.3 is 5.32 Å². The van der Waals surface area contributed by atoms with Gasteiger partial charge in [0.25, 0.3) is 0 Å². The predicted octanol–water partition coefficient (Wildman–Crippen LogP) is 3.25. The molecular formula is C19H21Cl2N3O3S. The van der Waals surface area contributed by atoms with E-state index in [4.69, 9.17) is 23.2 Å². The second kappa shape index (κ2) is 9.22. The summed E-state index contributed by atoms with van der Waals surface area (Å²) >= 11 is 12.0. The fourth-order valence-electron chi connectivity index (χ4n) is 3.16. The minimum Gasteiger partial charge on any atom is -0.350 e. The van der Waals surface area contributed by atoms with Gasteiger partial charge in [-0.05, 0) is 42.7 Å². The molecule has 1 amide bonds. The van der Waals surface area contributed by atoms with E-state index in [0.717, 1.165) is 5.69 Å². The Morgan fingerprint density at radius 1 is 1.25 bits per heavy atom. The molecule has 0 spiro atoms. The topological polar surface area (TPSA) is 79.4 Å². The van der Waals surface area contributed by atoms with E-state index < -0.39 is 10.0 Å². The van der Waals surface area contributed by atoms with Crippen molar-refractivity contribution in [3.63, 3.8) is 0 Å². The zero-order valence-corrected chi connectivity index (χ0v) is 17.5.